The van der Waals surface area contributed by atoms with E-state index in [1.54, 1.807) is 6.07 Å². The number of fused-ring (bicyclic) bond motifs is 1. The lowest BCUT2D eigenvalue weighted by molar-refractivity contribution is -0.137. The van der Waals surface area contributed by atoms with Gasteiger partial charge in [0.25, 0.3) is 0 Å². The third-order valence-corrected chi connectivity index (χ3v) is 5.31. The third kappa shape index (κ3) is 5.77. The topological polar surface area (TPSA) is 76.7 Å². The third-order valence-electron chi connectivity index (χ3n) is 4.41. The Balaban J connectivity index is 0.00000141. The fourth-order valence-electron chi connectivity index (χ4n) is 2.94. The summed E-state index contributed by atoms with van der Waals surface area (Å²) in [6, 6.07) is 11.7. The zero-order valence-electron chi connectivity index (χ0n) is 17.3. The van der Waals surface area contributed by atoms with Crippen molar-refractivity contribution in [3.05, 3.63) is 71.8 Å². The van der Waals surface area contributed by atoms with E-state index in [1.807, 2.05) is 26.0 Å². The van der Waals surface area contributed by atoms with Crippen LogP contribution in [-0.4, -0.2) is 21.3 Å². The maximum atomic E-state index is 13.4. The highest BCUT2D eigenvalue weighted by Gasteiger charge is 2.29. The van der Waals surface area contributed by atoms with Crippen molar-refractivity contribution in [3.8, 4) is 10.6 Å². The lowest BCUT2D eigenvalue weighted by atomic mass is 10.1. The molecule has 5 nitrogen and oxygen atoms in total. The Morgan fingerprint density at radius 1 is 1.00 bits per heavy atom. The molecule has 0 saturated heterocycles. The molecule has 4 rings (SSSR count). The average Bonchev–Trinajstić information content (AvgIpc) is 3.22. The molecule has 2 heterocycles. The summed E-state index contributed by atoms with van der Waals surface area (Å²) in [6.45, 7) is 4.00. The largest absolute Gasteiger partial charge is 0.416 e. The van der Waals surface area contributed by atoms with Crippen molar-refractivity contribution in [1.82, 2.24) is 15.2 Å². The molecular weight excluding hydrogens is 442 g/mol. The van der Waals surface area contributed by atoms with Gasteiger partial charge in [-0.15, -0.1) is 10.2 Å². The normalized spacial score (nSPS) is 12.2. The molecule has 1 unspecified atom stereocenters. The quantitative estimate of drug-likeness (QED) is 0.220. The molecule has 10 heteroatoms. The van der Waals surface area contributed by atoms with Crippen molar-refractivity contribution in [2.24, 2.45) is 5.73 Å². The first kappa shape index (κ1) is 23.6. The predicted octanol–water partition coefficient (Wildman–Crippen LogP) is 5.88. The van der Waals surface area contributed by atoms with Crippen LogP contribution in [0.25, 0.3) is 21.3 Å². The van der Waals surface area contributed by atoms with E-state index in [9.17, 15) is 17.6 Å². The standard InChI is InChI=1S/C20H15F4N5S.C2H6/c21-16-9-14-8-12(3-4-13(14)10-26-16)18-28-29-19(30-18)27-17(25)7-11-1-5-15(6-2-11)20(22,23)24;1-2/h1-6,8-10,17H,7,25H2,(H,27,29);1-2H3. The average molecular weight is 464 g/mol. The minimum atomic E-state index is -4.37. The van der Waals surface area contributed by atoms with E-state index in [0.717, 1.165) is 23.1 Å². The summed E-state index contributed by atoms with van der Waals surface area (Å²) in [5.41, 5.74) is 6.79. The zero-order valence-corrected chi connectivity index (χ0v) is 18.1. The monoisotopic (exact) mass is 463 g/mol. The second kappa shape index (κ2) is 10.0. The summed E-state index contributed by atoms with van der Waals surface area (Å²) in [4.78, 5) is 3.63. The first-order valence-corrected chi connectivity index (χ1v) is 10.7. The number of hydrogen-bond donors (Lipinski definition) is 2. The van der Waals surface area contributed by atoms with E-state index in [0.29, 0.717) is 27.5 Å². The van der Waals surface area contributed by atoms with Gasteiger partial charge < -0.3 is 11.1 Å². The molecule has 1 atom stereocenters. The molecule has 168 valence electrons. The van der Waals surface area contributed by atoms with E-state index >= 15 is 0 Å². The van der Waals surface area contributed by atoms with Crippen LogP contribution in [0, 0.1) is 5.95 Å². The molecule has 0 amide bonds. The minimum Gasteiger partial charge on any atom is -0.345 e. The Labute approximate surface area is 186 Å². The van der Waals surface area contributed by atoms with Gasteiger partial charge in [-0.05, 0) is 29.1 Å². The molecule has 3 N–H and O–H groups in total. The number of benzene rings is 2. The van der Waals surface area contributed by atoms with Crippen LogP contribution in [0.15, 0.2) is 54.7 Å². The number of nitrogens with two attached hydrogens (primary N) is 1. The van der Waals surface area contributed by atoms with Crippen LogP contribution in [0.3, 0.4) is 0 Å². The van der Waals surface area contributed by atoms with Gasteiger partial charge in [-0.1, -0.05) is 49.4 Å². The van der Waals surface area contributed by atoms with Gasteiger partial charge in [0.05, 0.1) is 11.7 Å². The number of rotatable bonds is 5. The van der Waals surface area contributed by atoms with Crippen molar-refractivity contribution in [3.63, 3.8) is 0 Å². The molecule has 2 aromatic heterocycles. The van der Waals surface area contributed by atoms with Crippen LogP contribution in [0.4, 0.5) is 22.7 Å². The SMILES string of the molecule is CC.NC(Cc1ccc(C(F)(F)F)cc1)Nc1nnc(-c2ccc3cnc(F)cc3c2)s1. The van der Waals surface area contributed by atoms with Crippen molar-refractivity contribution < 1.29 is 17.6 Å². The van der Waals surface area contributed by atoms with Crippen LogP contribution in [-0.2, 0) is 12.6 Å². The Morgan fingerprint density at radius 2 is 1.72 bits per heavy atom. The number of hydrogen-bond acceptors (Lipinski definition) is 6. The van der Waals surface area contributed by atoms with Crippen LogP contribution in [0.1, 0.15) is 25.0 Å². The Hall–Kier alpha value is -3.11. The summed E-state index contributed by atoms with van der Waals surface area (Å²) in [7, 11) is 0. The second-order valence-electron chi connectivity index (χ2n) is 6.63. The lowest BCUT2D eigenvalue weighted by Crippen LogP contribution is -2.31. The number of halogens is 4. The van der Waals surface area contributed by atoms with Gasteiger partial charge in [-0.25, -0.2) is 4.98 Å². The Morgan fingerprint density at radius 3 is 2.41 bits per heavy atom. The molecule has 0 saturated carbocycles. The smallest absolute Gasteiger partial charge is 0.345 e. The molecule has 0 radical (unpaired) electrons. The Kier molecular flexibility index (Phi) is 7.37. The van der Waals surface area contributed by atoms with Gasteiger partial charge in [0.2, 0.25) is 11.1 Å². The van der Waals surface area contributed by atoms with Gasteiger partial charge in [-0.3, -0.25) is 0 Å². The maximum absolute atomic E-state index is 13.4. The van der Waals surface area contributed by atoms with E-state index in [2.05, 4.69) is 20.5 Å². The highest BCUT2D eigenvalue weighted by Crippen LogP contribution is 2.30. The fourth-order valence-corrected chi connectivity index (χ4v) is 3.74. The summed E-state index contributed by atoms with van der Waals surface area (Å²) in [5, 5.41) is 13.8. The van der Waals surface area contributed by atoms with Gasteiger partial charge >= 0.3 is 6.18 Å². The molecule has 0 fully saturated rings. The van der Waals surface area contributed by atoms with Crippen LogP contribution in [0.5, 0.6) is 0 Å². The second-order valence-corrected chi connectivity index (χ2v) is 7.61. The van der Waals surface area contributed by atoms with Crippen LogP contribution >= 0.6 is 11.3 Å². The molecule has 4 aromatic rings. The number of alkyl halides is 3. The zero-order chi connectivity index (χ0) is 23.3. The van der Waals surface area contributed by atoms with E-state index < -0.39 is 23.9 Å². The molecule has 0 aliphatic carbocycles. The summed E-state index contributed by atoms with van der Waals surface area (Å²) >= 11 is 1.27. The highest BCUT2D eigenvalue weighted by molar-refractivity contribution is 7.18. The van der Waals surface area contributed by atoms with Gasteiger partial charge in [-0.2, -0.15) is 17.6 Å². The number of anilines is 1. The number of aromatic nitrogens is 3. The molecule has 0 bridgehead atoms. The van der Waals surface area contributed by atoms with E-state index in [-0.39, 0.29) is 0 Å². The van der Waals surface area contributed by atoms with E-state index in [4.69, 9.17) is 5.73 Å². The van der Waals surface area contributed by atoms with Crippen molar-refractivity contribution in [2.45, 2.75) is 32.6 Å². The lowest BCUT2D eigenvalue weighted by Gasteiger charge is -2.13. The minimum absolute atomic E-state index is 0.315. The summed E-state index contributed by atoms with van der Waals surface area (Å²) in [5.74, 6) is -0.562. The van der Waals surface area contributed by atoms with Crippen LogP contribution in [0.2, 0.25) is 0 Å². The van der Waals surface area contributed by atoms with Gasteiger partial charge in [0.15, 0.2) is 0 Å². The van der Waals surface area contributed by atoms with Gasteiger partial charge in [0, 0.05) is 29.6 Å². The number of pyridine rings is 1. The van der Waals surface area contributed by atoms with Crippen molar-refractivity contribution in [1.29, 1.82) is 0 Å². The van der Waals surface area contributed by atoms with Crippen LogP contribution < -0.4 is 11.1 Å². The number of nitrogens with one attached hydrogen (secondary N) is 1. The summed E-state index contributed by atoms with van der Waals surface area (Å²) in [6.07, 6.45) is -3.15. The predicted molar refractivity (Wildman–Crippen MR) is 119 cm³/mol. The first-order valence-electron chi connectivity index (χ1n) is 9.85. The molecular formula is C22H21F4N5S. The van der Waals surface area contributed by atoms with Crippen molar-refractivity contribution in [2.75, 3.05) is 5.32 Å². The first-order chi connectivity index (χ1) is 15.3. The maximum Gasteiger partial charge on any atom is 0.416 e. The Bertz CT molecular complexity index is 1180. The number of nitrogens with zero attached hydrogens (tertiary/aromatic N) is 3. The highest BCUT2D eigenvalue weighted by atomic mass is 32.1. The van der Waals surface area contributed by atoms with Gasteiger partial charge in [0.1, 0.15) is 5.01 Å². The molecule has 2 aromatic carbocycles. The van der Waals surface area contributed by atoms with Crippen molar-refractivity contribution >= 4 is 27.2 Å². The molecule has 0 aliphatic rings. The summed E-state index contributed by atoms with van der Waals surface area (Å²) < 4.78 is 51.3. The fraction of sp³-hybridized carbons (Fsp3) is 0.227. The molecule has 0 spiro atoms. The molecule has 32 heavy (non-hydrogen) atoms. The molecule has 0 aliphatic heterocycles. The van der Waals surface area contributed by atoms with E-state index in [1.165, 1.54) is 35.7 Å².